The van der Waals surface area contributed by atoms with Gasteiger partial charge in [-0.05, 0) is 69.5 Å². The second-order valence-corrected chi connectivity index (χ2v) is 9.98. The third-order valence-corrected chi connectivity index (χ3v) is 6.21. The Balaban J connectivity index is 1.28. The highest BCUT2D eigenvalue weighted by Crippen LogP contribution is 2.31. The molecule has 4 rings (SSSR count). The fraction of sp³-hybridized carbons (Fsp3) is 0.500. The first-order valence-electron chi connectivity index (χ1n) is 11.9. The van der Waals surface area contributed by atoms with Gasteiger partial charge in [0.1, 0.15) is 17.2 Å². The molecule has 8 heteroatoms. The summed E-state index contributed by atoms with van der Waals surface area (Å²) in [5, 5.41) is 6.49. The monoisotopic (exact) mass is 470 g/mol. The molecule has 1 saturated heterocycles. The third-order valence-electron chi connectivity index (χ3n) is 6.21. The highest BCUT2D eigenvalue weighted by molar-refractivity contribution is 5.85. The minimum atomic E-state index is -0.524. The van der Waals surface area contributed by atoms with E-state index in [1.54, 1.807) is 13.2 Å². The van der Waals surface area contributed by atoms with E-state index in [2.05, 4.69) is 20.4 Å². The number of carbonyl (C=O) groups is 1. The van der Waals surface area contributed by atoms with Gasteiger partial charge in [0, 0.05) is 56.2 Å². The van der Waals surface area contributed by atoms with Crippen LogP contribution < -0.4 is 20.3 Å². The number of benzene rings is 2. The molecule has 2 aliphatic rings. The van der Waals surface area contributed by atoms with Crippen LogP contribution in [-0.4, -0.2) is 62.5 Å². The fourth-order valence-corrected chi connectivity index (χ4v) is 4.60. The summed E-state index contributed by atoms with van der Waals surface area (Å²) in [5.41, 5.74) is 3.51. The van der Waals surface area contributed by atoms with Gasteiger partial charge in [-0.2, -0.15) is 0 Å². The van der Waals surface area contributed by atoms with Crippen molar-refractivity contribution < 1.29 is 18.7 Å². The van der Waals surface area contributed by atoms with Crippen LogP contribution in [0, 0.1) is 5.82 Å². The van der Waals surface area contributed by atoms with E-state index in [1.807, 2.05) is 39.0 Å². The summed E-state index contributed by atoms with van der Waals surface area (Å²) >= 11 is 0. The first-order valence-corrected chi connectivity index (χ1v) is 11.9. The third kappa shape index (κ3) is 6.11. The maximum absolute atomic E-state index is 13.5. The quantitative estimate of drug-likeness (QED) is 0.659. The molecule has 0 saturated carbocycles. The lowest BCUT2D eigenvalue weighted by Crippen LogP contribution is -2.50. The summed E-state index contributed by atoms with van der Waals surface area (Å²) in [6.45, 7) is 10.2. The first kappa shape index (κ1) is 24.1. The van der Waals surface area contributed by atoms with Gasteiger partial charge in [-0.1, -0.05) is 0 Å². The molecule has 1 fully saturated rings. The van der Waals surface area contributed by atoms with Gasteiger partial charge in [0.25, 0.3) is 0 Å². The van der Waals surface area contributed by atoms with Gasteiger partial charge in [-0.15, -0.1) is 0 Å². The zero-order valence-corrected chi connectivity index (χ0v) is 20.5. The van der Waals surface area contributed by atoms with Crippen molar-refractivity contribution in [3.8, 4) is 5.75 Å². The van der Waals surface area contributed by atoms with E-state index < -0.39 is 11.7 Å². The van der Waals surface area contributed by atoms with Crippen molar-refractivity contribution in [1.29, 1.82) is 0 Å². The van der Waals surface area contributed by atoms with Crippen LogP contribution in [0.25, 0.3) is 0 Å². The number of aryl methyl sites for hydroxylation is 1. The van der Waals surface area contributed by atoms with Gasteiger partial charge < -0.3 is 19.7 Å². The molecule has 2 aliphatic heterocycles. The standard InChI is InChI=1S/C26H35FN4O3/c1-26(2,3)34-25(32)29-20-8-9-22-18(15-20)5-7-21(28-22)17-30-11-13-31(14-12-30)23-10-6-19(27)16-24(23)33-4/h6,8-10,15-16,21,28H,5,7,11-14,17H2,1-4H3,(H,29,32). The average molecular weight is 471 g/mol. The molecule has 1 amide bonds. The largest absolute Gasteiger partial charge is 0.494 e. The van der Waals surface area contributed by atoms with Crippen molar-refractivity contribution in [2.75, 3.05) is 55.4 Å². The number of ether oxygens (including phenoxy) is 2. The topological polar surface area (TPSA) is 66.1 Å². The number of halogens is 1. The van der Waals surface area contributed by atoms with Gasteiger partial charge >= 0.3 is 6.09 Å². The molecule has 7 nitrogen and oxygen atoms in total. The van der Waals surface area contributed by atoms with Crippen molar-refractivity contribution in [1.82, 2.24) is 4.90 Å². The average Bonchev–Trinajstić information content (AvgIpc) is 2.78. The maximum Gasteiger partial charge on any atom is 0.412 e. The summed E-state index contributed by atoms with van der Waals surface area (Å²) < 4.78 is 24.2. The van der Waals surface area contributed by atoms with E-state index in [9.17, 15) is 9.18 Å². The van der Waals surface area contributed by atoms with E-state index in [0.717, 1.165) is 62.6 Å². The number of anilines is 3. The number of methoxy groups -OCH3 is 1. The summed E-state index contributed by atoms with van der Waals surface area (Å²) in [6.07, 6.45) is 1.56. The van der Waals surface area contributed by atoms with Crippen molar-refractivity contribution in [3.63, 3.8) is 0 Å². The number of hydrogen-bond acceptors (Lipinski definition) is 6. The van der Waals surface area contributed by atoms with Crippen molar-refractivity contribution >= 4 is 23.2 Å². The van der Waals surface area contributed by atoms with Crippen LogP contribution >= 0.6 is 0 Å². The van der Waals surface area contributed by atoms with Crippen LogP contribution in [0.4, 0.5) is 26.2 Å². The van der Waals surface area contributed by atoms with Gasteiger partial charge in [0.15, 0.2) is 0 Å². The summed E-state index contributed by atoms with van der Waals surface area (Å²) in [7, 11) is 1.58. The fourth-order valence-electron chi connectivity index (χ4n) is 4.60. The first-order chi connectivity index (χ1) is 16.2. The number of piperazine rings is 1. The summed E-state index contributed by atoms with van der Waals surface area (Å²) in [6, 6.07) is 11.1. The number of fused-ring (bicyclic) bond motifs is 1. The Morgan fingerprint density at radius 3 is 2.62 bits per heavy atom. The van der Waals surface area contributed by atoms with Gasteiger partial charge in [-0.25, -0.2) is 9.18 Å². The molecular formula is C26H35FN4O3. The van der Waals surface area contributed by atoms with Crippen LogP contribution in [-0.2, 0) is 11.2 Å². The highest BCUT2D eigenvalue weighted by Gasteiger charge is 2.25. The van der Waals surface area contributed by atoms with Crippen LogP contribution in [0.5, 0.6) is 5.75 Å². The maximum atomic E-state index is 13.5. The summed E-state index contributed by atoms with van der Waals surface area (Å²) in [4.78, 5) is 16.8. The number of nitrogens with one attached hydrogen (secondary N) is 2. The van der Waals surface area contributed by atoms with Gasteiger partial charge in [-0.3, -0.25) is 10.2 Å². The molecular weight excluding hydrogens is 435 g/mol. The SMILES string of the molecule is COc1cc(F)ccc1N1CCN(CC2CCc3cc(NC(=O)OC(C)(C)C)ccc3N2)CC1. The van der Waals surface area contributed by atoms with Crippen LogP contribution in [0.1, 0.15) is 32.8 Å². The van der Waals surface area contributed by atoms with E-state index in [1.165, 1.54) is 17.7 Å². The normalized spacial score (nSPS) is 18.6. The lowest BCUT2D eigenvalue weighted by Gasteiger charge is -2.39. The van der Waals surface area contributed by atoms with Crippen LogP contribution in [0.3, 0.4) is 0 Å². The van der Waals surface area contributed by atoms with E-state index in [0.29, 0.717) is 11.8 Å². The molecule has 0 spiro atoms. The van der Waals surface area contributed by atoms with Crippen molar-refractivity contribution in [2.24, 2.45) is 0 Å². The smallest absolute Gasteiger partial charge is 0.412 e. The second-order valence-electron chi connectivity index (χ2n) is 9.98. The molecule has 1 atom stereocenters. The Bertz CT molecular complexity index is 1020. The molecule has 0 bridgehead atoms. The van der Waals surface area contributed by atoms with Crippen molar-refractivity contribution in [3.05, 3.63) is 47.8 Å². The van der Waals surface area contributed by atoms with E-state index >= 15 is 0 Å². The Labute approximate surface area is 201 Å². The van der Waals surface area contributed by atoms with Crippen LogP contribution in [0.2, 0.25) is 0 Å². The molecule has 2 heterocycles. The molecule has 34 heavy (non-hydrogen) atoms. The lowest BCUT2D eigenvalue weighted by molar-refractivity contribution is 0.0636. The molecule has 2 aromatic carbocycles. The number of rotatable bonds is 5. The predicted molar refractivity (Wildman–Crippen MR) is 134 cm³/mol. The summed E-state index contributed by atoms with van der Waals surface area (Å²) in [5.74, 6) is 0.301. The number of amides is 1. The molecule has 0 aliphatic carbocycles. The lowest BCUT2D eigenvalue weighted by atomic mass is 9.97. The minimum Gasteiger partial charge on any atom is -0.494 e. The Hall–Kier alpha value is -3.00. The minimum absolute atomic E-state index is 0.282. The molecule has 2 N–H and O–H groups in total. The van der Waals surface area contributed by atoms with Gasteiger partial charge in [0.2, 0.25) is 0 Å². The second kappa shape index (κ2) is 10.1. The number of carbonyl (C=O) groups excluding carboxylic acids is 1. The molecule has 0 aromatic heterocycles. The zero-order chi connectivity index (χ0) is 24.3. The van der Waals surface area contributed by atoms with E-state index in [-0.39, 0.29) is 5.82 Å². The molecule has 1 unspecified atom stereocenters. The zero-order valence-electron chi connectivity index (χ0n) is 20.5. The Morgan fingerprint density at radius 2 is 1.91 bits per heavy atom. The Kier molecular flexibility index (Phi) is 7.16. The predicted octanol–water partition coefficient (Wildman–Crippen LogP) is 4.73. The molecule has 0 radical (unpaired) electrons. The highest BCUT2D eigenvalue weighted by atomic mass is 19.1. The van der Waals surface area contributed by atoms with E-state index in [4.69, 9.17) is 9.47 Å². The number of nitrogens with zero attached hydrogens (tertiary/aromatic N) is 2. The van der Waals surface area contributed by atoms with Crippen LogP contribution in [0.15, 0.2) is 36.4 Å². The molecule has 2 aromatic rings. The van der Waals surface area contributed by atoms with Gasteiger partial charge in [0.05, 0.1) is 12.8 Å². The van der Waals surface area contributed by atoms with Crippen molar-refractivity contribution in [2.45, 2.75) is 45.3 Å². The Morgan fingerprint density at radius 1 is 1.15 bits per heavy atom. The molecule has 184 valence electrons. The number of hydrogen-bond donors (Lipinski definition) is 2.